The fourth-order valence-electron chi connectivity index (χ4n) is 14.8. The van der Waals surface area contributed by atoms with E-state index >= 15 is 0 Å². The van der Waals surface area contributed by atoms with E-state index in [0.717, 1.165) is 35.1 Å². The predicted molar refractivity (Wildman–Crippen MR) is 253 cm³/mol. The second kappa shape index (κ2) is 7.77. The molecule has 18 rings (SSSR count). The van der Waals surface area contributed by atoms with Crippen molar-refractivity contribution in [1.29, 1.82) is 0 Å². The monoisotopic (exact) mass is 914 g/mol. The number of nitrogens with zero attached hydrogens (tertiary/aromatic N) is 2. The second-order valence-electron chi connectivity index (χ2n) is 19.0. The van der Waals surface area contributed by atoms with Crippen LogP contribution in [0, 0.1) is 0 Å². The Balaban J connectivity index is 0.000000681. The molecular formula is C50H32I2N2+2. The van der Waals surface area contributed by atoms with Crippen LogP contribution in [0.15, 0.2) is 36.4 Å². The van der Waals surface area contributed by atoms with Gasteiger partial charge in [-0.1, -0.05) is 89.0 Å². The minimum Gasteiger partial charge on any atom is -0.321 e. The molecule has 4 heteroatoms. The van der Waals surface area contributed by atoms with Gasteiger partial charge in [0.25, 0.3) is 0 Å². The lowest BCUT2D eigenvalue weighted by molar-refractivity contribution is -0.909. The van der Waals surface area contributed by atoms with Crippen molar-refractivity contribution in [3.8, 4) is 0 Å². The van der Waals surface area contributed by atoms with E-state index in [1.807, 2.05) is 0 Å². The summed E-state index contributed by atoms with van der Waals surface area (Å²) in [5.41, 5.74) is 6.64. The van der Waals surface area contributed by atoms with Gasteiger partial charge in [-0.15, -0.1) is 0 Å². The van der Waals surface area contributed by atoms with Gasteiger partial charge in [0.15, 0.2) is 0 Å². The average molecular weight is 915 g/mol. The molecule has 16 aromatic carbocycles. The van der Waals surface area contributed by atoms with Gasteiger partial charge in [-0.3, -0.25) is 0 Å². The molecule has 0 amide bonds. The summed E-state index contributed by atoms with van der Waals surface area (Å²) >= 11 is 4.55. The maximum absolute atomic E-state index is 2.56. The van der Waals surface area contributed by atoms with Gasteiger partial charge in [0, 0.05) is 43.8 Å². The molecule has 0 atom stereocenters. The molecule has 2 heterocycles. The molecule has 2 aliphatic heterocycles. The molecule has 0 spiro atoms. The minimum atomic E-state index is 0. The summed E-state index contributed by atoms with van der Waals surface area (Å²) in [6.07, 6.45) is 0. The fourth-order valence-corrected chi connectivity index (χ4v) is 14.8. The summed E-state index contributed by atoms with van der Waals surface area (Å²) in [6.45, 7) is 4.46. The zero-order chi connectivity index (χ0) is 34.4. The lowest BCUT2D eigenvalue weighted by Crippen LogP contribution is -2.32. The molecule has 0 unspecified atom stereocenters. The molecule has 54 heavy (non-hydrogen) atoms. The van der Waals surface area contributed by atoms with Crippen LogP contribution in [-0.2, 0) is 26.2 Å². The normalized spacial score (nSPS) is 18.1. The molecule has 0 N–H and O–H groups in total. The van der Waals surface area contributed by atoms with Gasteiger partial charge in [0.05, 0.1) is 30.6 Å². The van der Waals surface area contributed by atoms with Crippen molar-refractivity contribution < 1.29 is 8.97 Å². The van der Waals surface area contributed by atoms with E-state index < -0.39 is 0 Å². The zero-order valence-corrected chi connectivity index (χ0v) is 34.0. The first-order valence-corrected chi connectivity index (χ1v) is 22.3. The molecule has 0 fully saturated rings. The number of hydrogen-bond acceptors (Lipinski definition) is 0. The molecule has 0 saturated carbocycles. The molecular weight excluding hydrogens is 882 g/mol. The van der Waals surface area contributed by atoms with Crippen molar-refractivity contribution in [2.24, 2.45) is 0 Å². The zero-order valence-electron chi connectivity index (χ0n) is 29.6. The van der Waals surface area contributed by atoms with Gasteiger partial charge < -0.3 is 8.97 Å². The highest BCUT2D eigenvalue weighted by molar-refractivity contribution is 14.2. The highest BCUT2D eigenvalue weighted by Gasteiger charge is 2.45. The maximum atomic E-state index is 2.56. The first-order valence-electron chi connectivity index (χ1n) is 19.2. The second-order valence-corrected chi connectivity index (χ2v) is 23.4. The topological polar surface area (TPSA) is 0 Å². The molecule has 0 aliphatic carbocycles. The number of alkyl halides is 2. The third-order valence-electron chi connectivity index (χ3n) is 15.8. The third kappa shape index (κ3) is 2.32. The van der Waals surface area contributed by atoms with Crippen molar-refractivity contribution in [1.82, 2.24) is 0 Å². The lowest BCUT2D eigenvalue weighted by Gasteiger charge is -2.22. The van der Waals surface area contributed by atoms with Crippen molar-refractivity contribution >= 4 is 207 Å². The number of benzene rings is 10. The van der Waals surface area contributed by atoms with Gasteiger partial charge in [-0.05, 0) is 140 Å². The Kier molecular flexibility index (Phi) is 4.11. The van der Waals surface area contributed by atoms with E-state index in [9.17, 15) is 0 Å². The summed E-state index contributed by atoms with van der Waals surface area (Å²) in [4.78, 5) is 0. The van der Waals surface area contributed by atoms with E-state index in [0.29, 0.717) is 0 Å². The minimum absolute atomic E-state index is 0. The van der Waals surface area contributed by atoms with Crippen molar-refractivity contribution in [2.45, 2.75) is 33.6 Å². The Morgan fingerprint density at radius 2 is 0.500 bits per heavy atom. The summed E-state index contributed by atoms with van der Waals surface area (Å²) in [6, 6.07) is 15.2. The Morgan fingerprint density at radius 1 is 0.315 bits per heavy atom. The molecule has 254 valence electrons. The van der Waals surface area contributed by atoms with Crippen LogP contribution in [0.5, 0.6) is 0 Å². The van der Waals surface area contributed by atoms with Crippen LogP contribution in [0.4, 0.5) is 0 Å². The van der Waals surface area contributed by atoms with Gasteiger partial charge in [0.2, 0.25) is 0 Å². The molecule has 16 aromatic rings. The van der Waals surface area contributed by atoms with Crippen LogP contribution in [0.25, 0.3) is 162 Å². The molecule has 0 radical (unpaired) electrons. The number of hydrogen-bond donors (Lipinski definition) is 0. The van der Waals surface area contributed by atoms with Gasteiger partial charge in [0.1, 0.15) is 26.2 Å². The number of fused-ring (bicyclic) bond motifs is 11. The molecule has 0 aromatic heterocycles. The van der Waals surface area contributed by atoms with E-state index in [-0.39, 0.29) is 7.43 Å². The van der Waals surface area contributed by atoms with Gasteiger partial charge in [-0.2, -0.15) is 0 Å². The summed E-state index contributed by atoms with van der Waals surface area (Å²) in [7, 11) is 9.90. The van der Waals surface area contributed by atoms with Gasteiger partial charge in [-0.25, -0.2) is 0 Å². The van der Waals surface area contributed by atoms with E-state index in [4.69, 9.17) is 0 Å². The van der Waals surface area contributed by atoms with E-state index in [1.54, 1.807) is 152 Å². The summed E-state index contributed by atoms with van der Waals surface area (Å²) in [5, 5.41) is 47.4. The number of rotatable bonds is 0. The number of quaternary nitrogens is 2. The van der Waals surface area contributed by atoms with Crippen molar-refractivity contribution in [3.05, 3.63) is 58.7 Å². The van der Waals surface area contributed by atoms with Crippen LogP contribution in [0.1, 0.15) is 29.7 Å². The SMILES string of the molecule is C.C[N+]1(C)Cc2c(c3c4c5c(c6c7ccc8c9ccc%10c%11ccc%12c2c2c3c3c4c6c4c7c8c6c9c%10c7c%11c%12c2c2c7c6c4c32)C[N+](C)(C)C5)C1.ICI. The van der Waals surface area contributed by atoms with E-state index in [1.165, 1.54) is 34.8 Å². The van der Waals surface area contributed by atoms with Crippen molar-refractivity contribution in [3.63, 3.8) is 0 Å². The quantitative estimate of drug-likeness (QED) is 0.0615. The molecule has 2 nitrogen and oxygen atoms in total. The highest BCUT2D eigenvalue weighted by Crippen LogP contribution is 2.69. The van der Waals surface area contributed by atoms with Crippen LogP contribution in [0.3, 0.4) is 0 Å². The molecule has 0 saturated heterocycles. The lowest BCUT2D eigenvalue weighted by atomic mass is 9.89. The Bertz CT molecular complexity index is 3960. The summed E-state index contributed by atoms with van der Waals surface area (Å²) in [5.74, 6) is 0. The van der Waals surface area contributed by atoms with Gasteiger partial charge >= 0.3 is 0 Å². The Morgan fingerprint density at radius 3 is 0.815 bits per heavy atom. The Labute approximate surface area is 335 Å². The number of halogens is 2. The third-order valence-corrected chi connectivity index (χ3v) is 15.8. The standard InChI is InChI=1S/C48H26N2.CH2I2.CH4/c1-49(2)11-21-23(13-49)33-34-24-14-50(3,4)12-22(24)26-20-10-8-18-16-6-5-15-17-7-9-19-25(21)35-39-31(19)29(17)37-27(15)28(16)38-30(18)32(20)40-36(26)42(34)45(41(33)35)48-46(39)43(37)44(38)47(40)48;2-1-3;/h5-10H,11-14H2,1-4H3;1H2;1H4/q+2;;. The average Bonchev–Trinajstić information content (AvgIpc) is 3.97. The van der Waals surface area contributed by atoms with Crippen LogP contribution in [-0.4, -0.2) is 39.6 Å². The smallest absolute Gasteiger partial charge is 0.105 e. The summed E-state index contributed by atoms with van der Waals surface area (Å²) < 4.78 is 3.26. The fraction of sp³-hybridized carbons (Fsp3) is 0.200. The largest absolute Gasteiger partial charge is 0.321 e. The molecule has 2 aliphatic rings. The van der Waals surface area contributed by atoms with Crippen LogP contribution in [0.2, 0.25) is 0 Å². The first-order chi connectivity index (χ1) is 25.7. The maximum Gasteiger partial charge on any atom is 0.105 e. The Hall–Kier alpha value is -3.82. The van der Waals surface area contributed by atoms with Crippen LogP contribution < -0.4 is 0 Å². The predicted octanol–water partition coefficient (Wildman–Crippen LogP) is 14.3. The first kappa shape index (κ1) is 28.6. The van der Waals surface area contributed by atoms with Crippen LogP contribution >= 0.6 is 45.2 Å². The van der Waals surface area contributed by atoms with Crippen molar-refractivity contribution in [2.75, 3.05) is 30.6 Å². The van der Waals surface area contributed by atoms with E-state index in [2.05, 4.69) is 110 Å². The highest BCUT2D eigenvalue weighted by atomic mass is 127. The molecule has 0 bridgehead atoms.